The highest BCUT2D eigenvalue weighted by Crippen LogP contribution is 2.24. The Morgan fingerprint density at radius 3 is 2.48 bits per heavy atom. The fraction of sp³-hybridized carbons (Fsp3) is 0.700. The molecule has 2 aromatic heterocycles. The van der Waals surface area contributed by atoms with Gasteiger partial charge in [-0.1, -0.05) is 48.0 Å². The Kier molecular flexibility index (Phi) is 7.26. The van der Waals surface area contributed by atoms with E-state index in [1.54, 1.807) is 0 Å². The molecule has 0 bridgehead atoms. The van der Waals surface area contributed by atoms with Crippen LogP contribution in [0.2, 0.25) is 0 Å². The van der Waals surface area contributed by atoms with Gasteiger partial charge in [0.15, 0.2) is 0 Å². The molecule has 162 valence electrons. The van der Waals surface area contributed by atoms with Gasteiger partial charge in [-0.25, -0.2) is 4.79 Å². The van der Waals surface area contributed by atoms with E-state index in [0.29, 0.717) is 30.8 Å². The Morgan fingerprint density at radius 1 is 1.24 bits per heavy atom. The van der Waals surface area contributed by atoms with Crippen molar-refractivity contribution in [3.05, 3.63) is 32.6 Å². The lowest BCUT2D eigenvalue weighted by Crippen LogP contribution is -2.39. The van der Waals surface area contributed by atoms with Crippen LogP contribution >= 0.6 is 0 Å². The van der Waals surface area contributed by atoms with E-state index in [1.807, 2.05) is 32.6 Å². The third-order valence-electron chi connectivity index (χ3n) is 4.68. The van der Waals surface area contributed by atoms with Crippen molar-refractivity contribution in [3.63, 3.8) is 0 Å². The maximum absolute atomic E-state index is 12.7. The van der Waals surface area contributed by atoms with Gasteiger partial charge in [-0.05, 0) is 18.8 Å². The van der Waals surface area contributed by atoms with Gasteiger partial charge >= 0.3 is 5.69 Å². The number of rotatable bonds is 9. The van der Waals surface area contributed by atoms with Gasteiger partial charge in [0.1, 0.15) is 11.5 Å². The summed E-state index contributed by atoms with van der Waals surface area (Å²) >= 11 is 0. The molecule has 0 unspecified atom stereocenters. The molecule has 0 aromatic carbocycles. The second-order valence-electron chi connectivity index (χ2n) is 8.85. The zero-order valence-electron chi connectivity index (χ0n) is 18.4. The van der Waals surface area contributed by atoms with Crippen molar-refractivity contribution < 1.29 is 4.42 Å². The average Bonchev–Trinajstić information content (AvgIpc) is 3.08. The molecule has 2 aromatic rings. The van der Waals surface area contributed by atoms with Crippen LogP contribution in [0, 0.1) is 5.92 Å². The van der Waals surface area contributed by atoms with Crippen molar-refractivity contribution in [1.29, 1.82) is 0 Å². The first-order valence-corrected chi connectivity index (χ1v) is 10.2. The molecular formula is C20H34N6O3. The van der Waals surface area contributed by atoms with Crippen LogP contribution in [0.1, 0.15) is 72.6 Å². The topological polar surface area (TPSA) is 123 Å². The summed E-state index contributed by atoms with van der Waals surface area (Å²) in [6.07, 6.45) is 2.54. The minimum atomic E-state index is -0.500. The summed E-state index contributed by atoms with van der Waals surface area (Å²) in [7, 11) is 0. The molecule has 0 aliphatic heterocycles. The van der Waals surface area contributed by atoms with Crippen molar-refractivity contribution in [2.75, 3.05) is 17.2 Å². The zero-order valence-corrected chi connectivity index (χ0v) is 18.4. The van der Waals surface area contributed by atoms with E-state index in [-0.39, 0.29) is 23.5 Å². The summed E-state index contributed by atoms with van der Waals surface area (Å²) in [5.41, 5.74) is 5.32. The predicted octanol–water partition coefficient (Wildman–Crippen LogP) is 2.65. The molecule has 0 atom stereocenters. The summed E-state index contributed by atoms with van der Waals surface area (Å²) in [6, 6.07) is 0. The van der Waals surface area contributed by atoms with E-state index in [0.717, 1.165) is 19.3 Å². The number of nitrogens with one attached hydrogen (secondary N) is 1. The monoisotopic (exact) mass is 406 g/mol. The minimum absolute atomic E-state index is 0.173. The Hall–Kier alpha value is -2.58. The van der Waals surface area contributed by atoms with E-state index in [2.05, 4.69) is 29.0 Å². The molecule has 2 rings (SSSR count). The molecule has 0 amide bonds. The molecular weight excluding hydrogens is 372 g/mol. The smallest absolute Gasteiger partial charge is 0.330 e. The van der Waals surface area contributed by atoms with Gasteiger partial charge in [0.05, 0.1) is 6.54 Å². The van der Waals surface area contributed by atoms with Gasteiger partial charge in [-0.2, -0.15) is 0 Å². The molecule has 0 saturated heterocycles. The van der Waals surface area contributed by atoms with Crippen LogP contribution in [-0.2, 0) is 18.5 Å². The summed E-state index contributed by atoms with van der Waals surface area (Å²) in [5.74, 6) is 1.54. The Bertz CT molecular complexity index is 920. The van der Waals surface area contributed by atoms with Crippen LogP contribution in [-0.4, -0.2) is 26.3 Å². The second-order valence-corrected chi connectivity index (χ2v) is 8.85. The first kappa shape index (κ1) is 22.7. The number of hydrogen-bond donors (Lipinski definition) is 2. The van der Waals surface area contributed by atoms with Crippen molar-refractivity contribution in [2.24, 2.45) is 5.92 Å². The number of nitrogen functional groups attached to an aromatic ring is 1. The molecule has 3 N–H and O–H groups in total. The second kappa shape index (κ2) is 9.28. The number of unbranched alkanes of at least 4 members (excludes halogenated alkanes) is 1. The van der Waals surface area contributed by atoms with Crippen LogP contribution in [0.3, 0.4) is 0 Å². The number of anilines is 2. The van der Waals surface area contributed by atoms with Crippen LogP contribution in [0.25, 0.3) is 0 Å². The molecule has 0 spiro atoms. The fourth-order valence-corrected chi connectivity index (χ4v) is 2.89. The van der Waals surface area contributed by atoms with Gasteiger partial charge in [0, 0.05) is 18.5 Å². The van der Waals surface area contributed by atoms with E-state index in [1.165, 1.54) is 4.57 Å². The molecule has 0 radical (unpaired) electrons. The lowest BCUT2D eigenvalue weighted by atomic mass is 9.97. The summed E-state index contributed by atoms with van der Waals surface area (Å²) in [5, 5.41) is 8.27. The highest BCUT2D eigenvalue weighted by atomic mass is 16.4. The highest BCUT2D eigenvalue weighted by Gasteiger charge is 2.24. The number of aromatic nitrogens is 4. The molecule has 29 heavy (non-hydrogen) atoms. The van der Waals surface area contributed by atoms with Crippen molar-refractivity contribution in [3.8, 4) is 0 Å². The first-order chi connectivity index (χ1) is 13.5. The molecule has 9 heteroatoms. The molecule has 0 aliphatic carbocycles. The summed E-state index contributed by atoms with van der Waals surface area (Å²) < 4.78 is 7.25. The Labute approximate surface area is 171 Å². The molecule has 0 fully saturated rings. The van der Waals surface area contributed by atoms with Crippen LogP contribution in [0.4, 0.5) is 11.5 Å². The SMILES string of the molecule is CCCCn1c(N)c(N(CCC(C)C)Cc2nnc(C(C)(C)C)o2)c(=O)[nH]c1=O. The number of H-pyrrole nitrogens is 1. The van der Waals surface area contributed by atoms with E-state index in [9.17, 15) is 9.59 Å². The largest absolute Gasteiger partial charge is 0.423 e. The number of aromatic amines is 1. The van der Waals surface area contributed by atoms with Crippen molar-refractivity contribution >= 4 is 11.5 Å². The molecule has 0 saturated carbocycles. The summed E-state index contributed by atoms with van der Waals surface area (Å²) in [4.78, 5) is 29.2. The molecule has 9 nitrogen and oxygen atoms in total. The normalized spacial score (nSPS) is 12.0. The lowest BCUT2D eigenvalue weighted by molar-refractivity contribution is 0.369. The van der Waals surface area contributed by atoms with Crippen LogP contribution < -0.4 is 21.9 Å². The maximum Gasteiger partial charge on any atom is 0.330 e. The van der Waals surface area contributed by atoms with Crippen LogP contribution in [0.5, 0.6) is 0 Å². The Morgan fingerprint density at radius 2 is 1.93 bits per heavy atom. The van der Waals surface area contributed by atoms with Crippen molar-refractivity contribution in [1.82, 2.24) is 19.7 Å². The highest BCUT2D eigenvalue weighted by molar-refractivity contribution is 5.62. The summed E-state index contributed by atoms with van der Waals surface area (Å²) in [6.45, 7) is 13.5. The van der Waals surface area contributed by atoms with Gasteiger partial charge in [-0.3, -0.25) is 14.3 Å². The molecule has 0 aliphatic rings. The zero-order chi connectivity index (χ0) is 21.8. The Balaban J connectivity index is 2.45. The number of nitrogens with two attached hydrogens (primary N) is 1. The molecule has 2 heterocycles. The van der Waals surface area contributed by atoms with Gasteiger partial charge in [0.25, 0.3) is 5.56 Å². The van der Waals surface area contributed by atoms with E-state index in [4.69, 9.17) is 10.2 Å². The average molecular weight is 407 g/mol. The van der Waals surface area contributed by atoms with Gasteiger partial charge in [-0.15, -0.1) is 10.2 Å². The van der Waals surface area contributed by atoms with E-state index < -0.39 is 11.2 Å². The van der Waals surface area contributed by atoms with Gasteiger partial charge in [0.2, 0.25) is 11.8 Å². The third-order valence-corrected chi connectivity index (χ3v) is 4.68. The van der Waals surface area contributed by atoms with E-state index >= 15 is 0 Å². The van der Waals surface area contributed by atoms with Gasteiger partial charge < -0.3 is 15.1 Å². The standard InChI is InChI=1S/C20H34N6O3/c1-7-8-10-26-16(21)15(17(27)22-19(26)28)25(11-9-13(2)3)12-14-23-24-18(29-14)20(4,5)6/h13H,7-12,21H2,1-6H3,(H,22,27,28). The minimum Gasteiger partial charge on any atom is -0.423 e. The number of nitrogens with zero attached hydrogens (tertiary/aromatic N) is 4. The first-order valence-electron chi connectivity index (χ1n) is 10.2. The maximum atomic E-state index is 12.7. The fourth-order valence-electron chi connectivity index (χ4n) is 2.89. The van der Waals surface area contributed by atoms with Crippen LogP contribution in [0.15, 0.2) is 14.0 Å². The predicted molar refractivity (Wildman–Crippen MR) is 114 cm³/mol. The lowest BCUT2D eigenvalue weighted by Gasteiger charge is -2.25. The third kappa shape index (κ3) is 5.71. The quantitative estimate of drug-likeness (QED) is 0.656. The number of hydrogen-bond acceptors (Lipinski definition) is 7. The van der Waals surface area contributed by atoms with Crippen molar-refractivity contribution in [2.45, 2.75) is 79.3 Å².